The summed E-state index contributed by atoms with van der Waals surface area (Å²) in [7, 11) is 1.69. The van der Waals surface area contributed by atoms with Crippen LogP contribution in [0.1, 0.15) is 13.3 Å². The SMILES string of the molecule is C#CCOc1ccccc1NC(=O)N1CC[C@H](C)[C@H](OC)C1. The summed E-state index contributed by atoms with van der Waals surface area (Å²) in [6.07, 6.45) is 6.21. The summed E-state index contributed by atoms with van der Waals surface area (Å²) in [4.78, 5) is 14.2. The number of carbonyl (C=O) groups is 1. The van der Waals surface area contributed by atoms with Crippen molar-refractivity contribution in [3.8, 4) is 18.1 Å². The van der Waals surface area contributed by atoms with Gasteiger partial charge in [-0.3, -0.25) is 0 Å². The Kier molecular flexibility index (Phi) is 5.68. The number of ether oxygens (including phenoxy) is 2. The van der Waals surface area contributed by atoms with E-state index in [0.29, 0.717) is 23.9 Å². The molecule has 0 radical (unpaired) electrons. The number of piperidine rings is 1. The van der Waals surface area contributed by atoms with Crippen LogP contribution < -0.4 is 10.1 Å². The fourth-order valence-electron chi connectivity index (χ4n) is 2.53. The van der Waals surface area contributed by atoms with Gasteiger partial charge in [0.25, 0.3) is 0 Å². The number of methoxy groups -OCH3 is 1. The van der Waals surface area contributed by atoms with Gasteiger partial charge >= 0.3 is 6.03 Å². The summed E-state index contributed by atoms with van der Waals surface area (Å²) in [5, 5.41) is 2.89. The van der Waals surface area contributed by atoms with E-state index in [0.717, 1.165) is 13.0 Å². The van der Waals surface area contributed by atoms with Crippen molar-refractivity contribution in [1.29, 1.82) is 0 Å². The lowest BCUT2D eigenvalue weighted by Gasteiger charge is -2.36. The Labute approximate surface area is 131 Å². The van der Waals surface area contributed by atoms with E-state index in [9.17, 15) is 4.79 Å². The van der Waals surface area contributed by atoms with Crippen LogP contribution in [0.25, 0.3) is 0 Å². The molecule has 0 unspecified atom stereocenters. The number of urea groups is 1. The summed E-state index contributed by atoms with van der Waals surface area (Å²) in [5.74, 6) is 3.45. The second-order valence-electron chi connectivity index (χ2n) is 5.41. The van der Waals surface area contributed by atoms with Crippen molar-refractivity contribution in [1.82, 2.24) is 4.90 Å². The summed E-state index contributed by atoms with van der Waals surface area (Å²) in [6.45, 7) is 3.63. The zero-order chi connectivity index (χ0) is 15.9. The third kappa shape index (κ3) is 3.92. The van der Waals surface area contributed by atoms with Crippen LogP contribution >= 0.6 is 0 Å². The molecule has 1 N–H and O–H groups in total. The third-order valence-electron chi connectivity index (χ3n) is 3.92. The number of anilines is 1. The molecule has 2 rings (SSSR count). The molecular formula is C17H22N2O3. The van der Waals surface area contributed by atoms with E-state index in [4.69, 9.17) is 15.9 Å². The van der Waals surface area contributed by atoms with Crippen molar-refractivity contribution in [3.05, 3.63) is 24.3 Å². The number of nitrogens with one attached hydrogen (secondary N) is 1. The van der Waals surface area contributed by atoms with Gasteiger partial charge in [-0.2, -0.15) is 0 Å². The predicted molar refractivity (Wildman–Crippen MR) is 85.9 cm³/mol. The van der Waals surface area contributed by atoms with Gasteiger partial charge in [0.1, 0.15) is 12.4 Å². The number of amides is 2. The van der Waals surface area contributed by atoms with E-state index in [1.54, 1.807) is 24.1 Å². The van der Waals surface area contributed by atoms with Crippen LogP contribution in [0.2, 0.25) is 0 Å². The number of hydrogen-bond donors (Lipinski definition) is 1. The summed E-state index contributed by atoms with van der Waals surface area (Å²) >= 11 is 0. The van der Waals surface area contributed by atoms with Crippen LogP contribution in [-0.2, 0) is 4.74 Å². The van der Waals surface area contributed by atoms with Crippen LogP contribution in [0.5, 0.6) is 5.75 Å². The minimum Gasteiger partial charge on any atom is -0.479 e. The molecule has 0 aromatic heterocycles. The van der Waals surface area contributed by atoms with Crippen LogP contribution in [0.4, 0.5) is 10.5 Å². The first-order valence-corrected chi connectivity index (χ1v) is 7.39. The van der Waals surface area contributed by atoms with Crippen molar-refractivity contribution in [3.63, 3.8) is 0 Å². The quantitative estimate of drug-likeness (QED) is 0.870. The molecule has 22 heavy (non-hydrogen) atoms. The maximum absolute atomic E-state index is 12.4. The number of benzene rings is 1. The third-order valence-corrected chi connectivity index (χ3v) is 3.92. The normalized spacial score (nSPS) is 21.0. The Bertz CT molecular complexity index is 553. The zero-order valence-corrected chi connectivity index (χ0v) is 13.0. The molecule has 1 heterocycles. The van der Waals surface area contributed by atoms with Crippen LogP contribution in [0.3, 0.4) is 0 Å². The average molecular weight is 302 g/mol. The smallest absolute Gasteiger partial charge is 0.322 e. The lowest BCUT2D eigenvalue weighted by Crippen LogP contribution is -2.48. The molecule has 1 fully saturated rings. The van der Waals surface area contributed by atoms with E-state index < -0.39 is 0 Å². The van der Waals surface area contributed by atoms with E-state index in [2.05, 4.69) is 18.2 Å². The van der Waals surface area contributed by atoms with Gasteiger partial charge in [0.2, 0.25) is 0 Å². The van der Waals surface area contributed by atoms with Gasteiger partial charge in [0, 0.05) is 20.2 Å². The molecule has 2 amide bonds. The first-order chi connectivity index (χ1) is 10.7. The number of carbonyl (C=O) groups excluding carboxylic acids is 1. The van der Waals surface area contributed by atoms with Gasteiger partial charge in [-0.25, -0.2) is 4.79 Å². The first-order valence-electron chi connectivity index (χ1n) is 7.39. The van der Waals surface area contributed by atoms with E-state index >= 15 is 0 Å². The van der Waals surface area contributed by atoms with Crippen LogP contribution in [0, 0.1) is 18.3 Å². The van der Waals surface area contributed by atoms with E-state index in [1.165, 1.54) is 0 Å². The van der Waals surface area contributed by atoms with E-state index in [1.807, 2.05) is 12.1 Å². The van der Waals surface area contributed by atoms with Gasteiger partial charge in [-0.15, -0.1) is 6.42 Å². The Morgan fingerprint density at radius 1 is 1.50 bits per heavy atom. The molecule has 0 saturated carbocycles. The Morgan fingerprint density at radius 2 is 2.27 bits per heavy atom. The minimum absolute atomic E-state index is 0.0763. The number of rotatable bonds is 4. The molecule has 0 aliphatic carbocycles. The van der Waals surface area contributed by atoms with E-state index in [-0.39, 0.29) is 18.7 Å². The van der Waals surface area contributed by atoms with Crippen molar-refractivity contribution >= 4 is 11.7 Å². The van der Waals surface area contributed by atoms with Crippen molar-refractivity contribution in [2.24, 2.45) is 5.92 Å². The Balaban J connectivity index is 2.02. The molecule has 5 nitrogen and oxygen atoms in total. The van der Waals surface area contributed by atoms with Crippen molar-refractivity contribution in [2.45, 2.75) is 19.4 Å². The summed E-state index contributed by atoms with van der Waals surface area (Å²) < 4.78 is 10.9. The van der Waals surface area contributed by atoms with Crippen LogP contribution in [0.15, 0.2) is 24.3 Å². The summed E-state index contributed by atoms with van der Waals surface area (Å²) in [6, 6.07) is 7.11. The lowest BCUT2D eigenvalue weighted by atomic mass is 9.96. The predicted octanol–water partition coefficient (Wildman–Crippen LogP) is 2.59. The lowest BCUT2D eigenvalue weighted by molar-refractivity contribution is 0.00895. The van der Waals surface area contributed by atoms with Gasteiger partial charge < -0.3 is 19.7 Å². The monoisotopic (exact) mass is 302 g/mol. The molecular weight excluding hydrogens is 280 g/mol. The number of likely N-dealkylation sites (tertiary alicyclic amines) is 1. The molecule has 1 saturated heterocycles. The molecule has 5 heteroatoms. The molecule has 0 bridgehead atoms. The van der Waals surface area contributed by atoms with Crippen LogP contribution in [-0.4, -0.2) is 43.8 Å². The largest absolute Gasteiger partial charge is 0.479 e. The fraction of sp³-hybridized carbons (Fsp3) is 0.471. The molecule has 1 aliphatic heterocycles. The van der Waals surface area contributed by atoms with Crippen molar-refractivity contribution < 1.29 is 14.3 Å². The number of hydrogen-bond acceptors (Lipinski definition) is 3. The molecule has 118 valence electrons. The Morgan fingerprint density at radius 3 is 3.00 bits per heavy atom. The maximum Gasteiger partial charge on any atom is 0.322 e. The number of nitrogens with zero attached hydrogens (tertiary/aromatic N) is 1. The molecule has 1 aromatic rings. The van der Waals surface area contributed by atoms with Gasteiger partial charge in [-0.05, 0) is 24.5 Å². The Hall–Kier alpha value is -2.19. The maximum atomic E-state index is 12.4. The molecule has 2 atom stereocenters. The molecule has 1 aliphatic rings. The highest BCUT2D eigenvalue weighted by molar-refractivity contribution is 5.91. The number of terminal acetylenes is 1. The molecule has 0 spiro atoms. The highest BCUT2D eigenvalue weighted by Crippen LogP contribution is 2.25. The number of para-hydroxylation sites is 2. The first kappa shape index (κ1) is 16.2. The van der Waals surface area contributed by atoms with Gasteiger partial charge in [0.05, 0.1) is 11.8 Å². The standard InChI is InChI=1S/C17H22N2O3/c1-4-11-22-15-8-6-5-7-14(15)18-17(20)19-10-9-13(2)16(12-19)21-3/h1,5-8,13,16H,9-12H2,2-3H3,(H,18,20)/t13-,16+/m0/s1. The topological polar surface area (TPSA) is 50.8 Å². The highest BCUT2D eigenvalue weighted by atomic mass is 16.5. The van der Waals surface area contributed by atoms with Gasteiger partial charge in [0.15, 0.2) is 0 Å². The summed E-state index contributed by atoms with van der Waals surface area (Å²) in [5.41, 5.74) is 0.621. The zero-order valence-electron chi connectivity index (χ0n) is 13.0. The molecule has 1 aromatic carbocycles. The highest BCUT2D eigenvalue weighted by Gasteiger charge is 2.29. The van der Waals surface area contributed by atoms with Gasteiger partial charge in [-0.1, -0.05) is 25.0 Å². The second-order valence-corrected chi connectivity index (χ2v) is 5.41. The van der Waals surface area contributed by atoms with Crippen molar-refractivity contribution in [2.75, 3.05) is 32.1 Å². The minimum atomic E-state index is -0.147. The average Bonchev–Trinajstić information content (AvgIpc) is 2.54. The second kappa shape index (κ2) is 7.71. The fourth-order valence-corrected chi connectivity index (χ4v) is 2.53.